The third kappa shape index (κ3) is 6.63. The van der Waals surface area contributed by atoms with Crippen LogP contribution in [-0.4, -0.2) is 61.2 Å². The van der Waals surface area contributed by atoms with E-state index in [1.165, 1.54) is 11.3 Å². The molecule has 2 heterocycles. The summed E-state index contributed by atoms with van der Waals surface area (Å²) in [6.45, 7) is 3.71. The summed E-state index contributed by atoms with van der Waals surface area (Å²) in [6, 6.07) is 9.03. The summed E-state index contributed by atoms with van der Waals surface area (Å²) in [4.78, 5) is 30.4. The number of carbonyl (C=O) groups is 2. The SMILES string of the molecule is O=C(COc1ccccc1)NCC(=O)Nc1nc(CN2CCOCC2)cs1. The van der Waals surface area contributed by atoms with Crippen LogP contribution in [0.5, 0.6) is 5.75 Å². The van der Waals surface area contributed by atoms with Crippen molar-refractivity contribution >= 4 is 28.3 Å². The fraction of sp³-hybridized carbons (Fsp3) is 0.389. The summed E-state index contributed by atoms with van der Waals surface area (Å²) in [7, 11) is 0. The van der Waals surface area contributed by atoms with E-state index in [-0.39, 0.29) is 25.0 Å². The first-order chi connectivity index (χ1) is 13.2. The Morgan fingerprint density at radius 2 is 1.96 bits per heavy atom. The maximum absolute atomic E-state index is 12.0. The van der Waals surface area contributed by atoms with Crippen molar-refractivity contribution in [1.29, 1.82) is 0 Å². The van der Waals surface area contributed by atoms with Crippen LogP contribution < -0.4 is 15.4 Å². The zero-order valence-electron chi connectivity index (χ0n) is 14.8. The molecule has 1 aromatic heterocycles. The number of nitrogens with zero attached hydrogens (tertiary/aromatic N) is 2. The molecule has 0 saturated carbocycles. The highest BCUT2D eigenvalue weighted by Crippen LogP contribution is 2.17. The fourth-order valence-electron chi connectivity index (χ4n) is 2.48. The Labute approximate surface area is 161 Å². The molecule has 1 aliphatic heterocycles. The second kappa shape index (κ2) is 10.0. The van der Waals surface area contributed by atoms with Crippen LogP contribution in [0.3, 0.4) is 0 Å². The lowest BCUT2D eigenvalue weighted by molar-refractivity contribution is -0.125. The molecule has 0 unspecified atom stereocenters. The van der Waals surface area contributed by atoms with Crippen molar-refractivity contribution < 1.29 is 19.1 Å². The van der Waals surface area contributed by atoms with Gasteiger partial charge in [-0.05, 0) is 12.1 Å². The summed E-state index contributed by atoms with van der Waals surface area (Å²) in [6.07, 6.45) is 0. The van der Waals surface area contributed by atoms with Gasteiger partial charge in [-0.3, -0.25) is 14.5 Å². The lowest BCUT2D eigenvalue weighted by Crippen LogP contribution is -2.36. The average Bonchev–Trinajstić information content (AvgIpc) is 3.13. The van der Waals surface area contributed by atoms with Gasteiger partial charge in [-0.1, -0.05) is 18.2 Å². The van der Waals surface area contributed by atoms with E-state index in [1.807, 2.05) is 23.6 Å². The molecule has 3 rings (SSSR count). The second-order valence-electron chi connectivity index (χ2n) is 5.96. The third-order valence-corrected chi connectivity index (χ3v) is 4.65. The van der Waals surface area contributed by atoms with E-state index >= 15 is 0 Å². The number of hydrogen-bond acceptors (Lipinski definition) is 7. The Morgan fingerprint density at radius 1 is 1.19 bits per heavy atom. The van der Waals surface area contributed by atoms with Crippen LogP contribution in [0.2, 0.25) is 0 Å². The molecule has 2 amide bonds. The first-order valence-electron chi connectivity index (χ1n) is 8.68. The monoisotopic (exact) mass is 390 g/mol. The number of benzene rings is 1. The maximum Gasteiger partial charge on any atom is 0.258 e. The quantitative estimate of drug-likeness (QED) is 0.702. The fourth-order valence-corrected chi connectivity index (χ4v) is 3.20. The lowest BCUT2D eigenvalue weighted by atomic mass is 10.3. The molecule has 0 atom stereocenters. The molecule has 0 aliphatic carbocycles. The lowest BCUT2D eigenvalue weighted by Gasteiger charge is -2.25. The predicted octanol–water partition coefficient (Wildman–Crippen LogP) is 1.11. The average molecular weight is 390 g/mol. The first-order valence-corrected chi connectivity index (χ1v) is 9.56. The smallest absolute Gasteiger partial charge is 0.258 e. The van der Waals surface area contributed by atoms with Crippen LogP contribution >= 0.6 is 11.3 Å². The van der Waals surface area contributed by atoms with Crippen LogP contribution in [0.25, 0.3) is 0 Å². The van der Waals surface area contributed by atoms with Crippen LogP contribution in [0.15, 0.2) is 35.7 Å². The zero-order chi connectivity index (χ0) is 18.9. The number of amides is 2. The number of para-hydroxylation sites is 1. The van der Waals surface area contributed by atoms with Gasteiger partial charge in [-0.15, -0.1) is 11.3 Å². The van der Waals surface area contributed by atoms with Crippen molar-refractivity contribution in [3.63, 3.8) is 0 Å². The molecule has 1 saturated heterocycles. The number of carbonyl (C=O) groups excluding carboxylic acids is 2. The van der Waals surface area contributed by atoms with E-state index in [1.54, 1.807) is 12.1 Å². The molecular weight excluding hydrogens is 368 g/mol. The van der Waals surface area contributed by atoms with E-state index in [2.05, 4.69) is 20.5 Å². The Kier molecular flexibility index (Phi) is 7.14. The van der Waals surface area contributed by atoms with Gasteiger partial charge in [0.15, 0.2) is 11.7 Å². The number of thiazole rings is 1. The summed E-state index contributed by atoms with van der Waals surface area (Å²) < 4.78 is 10.7. The minimum absolute atomic E-state index is 0.130. The van der Waals surface area contributed by atoms with Gasteiger partial charge < -0.3 is 20.1 Å². The van der Waals surface area contributed by atoms with Gasteiger partial charge in [0.1, 0.15) is 5.75 Å². The van der Waals surface area contributed by atoms with E-state index in [4.69, 9.17) is 9.47 Å². The molecule has 0 radical (unpaired) electrons. The van der Waals surface area contributed by atoms with Crippen molar-refractivity contribution in [2.24, 2.45) is 0 Å². The van der Waals surface area contributed by atoms with Crippen molar-refractivity contribution in [1.82, 2.24) is 15.2 Å². The van der Waals surface area contributed by atoms with E-state index in [0.29, 0.717) is 10.9 Å². The molecule has 8 nitrogen and oxygen atoms in total. The number of nitrogens with one attached hydrogen (secondary N) is 2. The number of aromatic nitrogens is 1. The Balaban J connectivity index is 1.35. The van der Waals surface area contributed by atoms with Gasteiger partial charge in [0.25, 0.3) is 5.91 Å². The maximum atomic E-state index is 12.0. The molecule has 1 aliphatic rings. The Hall–Kier alpha value is -2.49. The van der Waals surface area contributed by atoms with Crippen molar-refractivity contribution in [2.45, 2.75) is 6.54 Å². The highest BCUT2D eigenvalue weighted by atomic mass is 32.1. The molecule has 2 aromatic rings. The highest BCUT2D eigenvalue weighted by Gasteiger charge is 2.14. The van der Waals surface area contributed by atoms with Gasteiger partial charge in [-0.25, -0.2) is 4.98 Å². The van der Waals surface area contributed by atoms with Crippen LogP contribution in [0.1, 0.15) is 5.69 Å². The molecule has 144 valence electrons. The molecule has 0 spiro atoms. The van der Waals surface area contributed by atoms with E-state index < -0.39 is 0 Å². The molecule has 0 bridgehead atoms. The summed E-state index contributed by atoms with van der Waals surface area (Å²) >= 11 is 1.37. The molecule has 1 fully saturated rings. The first kappa shape index (κ1) is 19.3. The number of hydrogen-bond donors (Lipinski definition) is 2. The largest absolute Gasteiger partial charge is 0.484 e. The summed E-state index contributed by atoms with van der Waals surface area (Å²) in [5.74, 6) is -0.0795. The minimum atomic E-state index is -0.360. The number of anilines is 1. The van der Waals surface area contributed by atoms with Gasteiger partial charge >= 0.3 is 0 Å². The summed E-state index contributed by atoms with van der Waals surface area (Å²) in [5.41, 5.74) is 0.914. The molecule has 9 heteroatoms. The topological polar surface area (TPSA) is 92.8 Å². The van der Waals surface area contributed by atoms with Gasteiger partial charge in [0.2, 0.25) is 5.91 Å². The number of ether oxygens (including phenoxy) is 2. The van der Waals surface area contributed by atoms with Gasteiger partial charge in [0, 0.05) is 25.0 Å². The van der Waals surface area contributed by atoms with Crippen molar-refractivity contribution in [2.75, 3.05) is 44.8 Å². The number of morpholine rings is 1. The standard InChI is InChI=1S/C18H22N4O4S/c23-16(10-19-17(24)12-26-15-4-2-1-3-5-15)21-18-20-14(13-27-18)11-22-6-8-25-9-7-22/h1-5,13H,6-12H2,(H,19,24)(H,20,21,23). The van der Waals surface area contributed by atoms with Gasteiger partial charge in [-0.2, -0.15) is 0 Å². The molecular formula is C18H22N4O4S. The minimum Gasteiger partial charge on any atom is -0.484 e. The van der Waals surface area contributed by atoms with Crippen LogP contribution in [0.4, 0.5) is 5.13 Å². The van der Waals surface area contributed by atoms with E-state index in [0.717, 1.165) is 38.5 Å². The van der Waals surface area contributed by atoms with Crippen molar-refractivity contribution in [3.05, 3.63) is 41.4 Å². The van der Waals surface area contributed by atoms with Crippen molar-refractivity contribution in [3.8, 4) is 5.75 Å². The molecule has 2 N–H and O–H groups in total. The zero-order valence-corrected chi connectivity index (χ0v) is 15.7. The normalized spacial score (nSPS) is 14.5. The van der Waals surface area contributed by atoms with E-state index in [9.17, 15) is 9.59 Å². The molecule has 27 heavy (non-hydrogen) atoms. The number of rotatable bonds is 8. The van der Waals surface area contributed by atoms with Crippen LogP contribution in [0, 0.1) is 0 Å². The van der Waals surface area contributed by atoms with Crippen LogP contribution in [-0.2, 0) is 20.9 Å². The predicted molar refractivity (Wildman–Crippen MR) is 102 cm³/mol. The third-order valence-electron chi connectivity index (χ3n) is 3.85. The molecule has 1 aromatic carbocycles. The highest BCUT2D eigenvalue weighted by molar-refractivity contribution is 7.13. The second-order valence-corrected chi connectivity index (χ2v) is 6.82. The Morgan fingerprint density at radius 3 is 2.74 bits per heavy atom. The van der Waals surface area contributed by atoms with Gasteiger partial charge in [0.05, 0.1) is 25.5 Å². The summed E-state index contributed by atoms with van der Waals surface area (Å²) in [5, 5.41) is 7.68. The Bertz CT molecular complexity index is 747.